The summed E-state index contributed by atoms with van der Waals surface area (Å²) in [6.45, 7) is 7.98. The Morgan fingerprint density at radius 1 is 1.02 bits per heavy atom. The topological polar surface area (TPSA) is 88.5 Å². The number of methoxy groups -OCH3 is 1. The van der Waals surface area contributed by atoms with Crippen LogP contribution < -0.4 is 15.5 Å². The maximum atomic E-state index is 12.0. The van der Waals surface area contributed by atoms with Gasteiger partial charge >= 0.3 is 5.97 Å². The fourth-order valence-electron chi connectivity index (χ4n) is 5.47. The summed E-state index contributed by atoms with van der Waals surface area (Å²) < 4.78 is 7.04. The molecule has 0 bridgehead atoms. The van der Waals surface area contributed by atoms with Crippen molar-refractivity contribution in [2.24, 2.45) is 0 Å². The minimum Gasteiger partial charge on any atom is -0.465 e. The highest BCUT2D eigenvalue weighted by molar-refractivity contribution is 7.80. The highest BCUT2D eigenvalue weighted by Gasteiger charge is 2.42. The van der Waals surface area contributed by atoms with Crippen LogP contribution in [0.1, 0.15) is 64.0 Å². The summed E-state index contributed by atoms with van der Waals surface area (Å²) in [6, 6.07) is 21.1. The van der Waals surface area contributed by atoms with Crippen molar-refractivity contribution in [3.63, 3.8) is 0 Å². The molecule has 1 fully saturated rings. The second kappa shape index (κ2) is 11.5. The fourth-order valence-corrected chi connectivity index (χ4v) is 5.82. The number of aryl methyl sites for hydroxylation is 2. The molecule has 1 amide bonds. The van der Waals surface area contributed by atoms with Gasteiger partial charge in [0.15, 0.2) is 5.11 Å². The number of thiocarbonyl (C=S) groups is 1. The molecule has 0 unspecified atom stereocenters. The Balaban J connectivity index is 1.60. The lowest BCUT2D eigenvalue weighted by atomic mass is 9.96. The Bertz CT molecular complexity index is 1610. The van der Waals surface area contributed by atoms with Crippen molar-refractivity contribution in [1.29, 1.82) is 0 Å². The predicted molar refractivity (Wildman–Crippen MR) is 165 cm³/mol. The number of pyridine rings is 1. The molecule has 0 saturated carbocycles. The van der Waals surface area contributed by atoms with Crippen LogP contribution in [0.25, 0.3) is 5.69 Å². The normalized spacial score (nSPS) is 16.4. The molecular weight excluding hydrogens is 534 g/mol. The summed E-state index contributed by atoms with van der Waals surface area (Å²) in [6.07, 6.45) is 2.21. The van der Waals surface area contributed by atoms with E-state index >= 15 is 0 Å². The molecule has 0 aliphatic carbocycles. The second-order valence-corrected chi connectivity index (χ2v) is 10.5. The summed E-state index contributed by atoms with van der Waals surface area (Å²) in [5.41, 5.74) is 8.19. The maximum absolute atomic E-state index is 12.0. The molecule has 0 radical (unpaired) electrons. The molecule has 0 spiro atoms. The zero-order valence-corrected chi connectivity index (χ0v) is 24.6. The molecule has 2 atom stereocenters. The first kappa shape index (κ1) is 28.0. The second-order valence-electron chi connectivity index (χ2n) is 10.1. The van der Waals surface area contributed by atoms with Crippen LogP contribution in [0.5, 0.6) is 0 Å². The van der Waals surface area contributed by atoms with E-state index in [1.54, 1.807) is 18.3 Å². The van der Waals surface area contributed by atoms with E-state index in [-0.39, 0.29) is 24.0 Å². The molecule has 5 rings (SSSR count). The van der Waals surface area contributed by atoms with Crippen LogP contribution >= 0.6 is 12.2 Å². The standard InChI is InChI=1S/C32H33N5O3S/c1-6-28(38)34-26-15-14-24(17-19(26)2)37-30(29(35-32(37)41)27-9-7-8-16-33-27)25-18-20(3)36(21(25)4)23-12-10-22(11-13-23)31(39)40-5/h7-18,29-30H,6H2,1-5H3,(H,34,38)(H,35,41)/t29-,30-/m0/s1. The van der Waals surface area contributed by atoms with Gasteiger partial charge in [-0.3, -0.25) is 9.78 Å². The smallest absolute Gasteiger partial charge is 0.337 e. The molecule has 4 aromatic rings. The molecule has 2 N–H and O–H groups in total. The number of ether oxygens (including phenoxy) is 1. The van der Waals surface area contributed by atoms with Crippen LogP contribution in [-0.4, -0.2) is 33.6 Å². The number of aromatic nitrogens is 2. The van der Waals surface area contributed by atoms with Crippen molar-refractivity contribution in [3.8, 4) is 5.69 Å². The van der Waals surface area contributed by atoms with Gasteiger partial charge in [0.25, 0.3) is 0 Å². The molecule has 41 heavy (non-hydrogen) atoms. The van der Waals surface area contributed by atoms with Gasteiger partial charge < -0.3 is 24.8 Å². The number of esters is 1. The van der Waals surface area contributed by atoms with Crippen LogP contribution in [0.2, 0.25) is 0 Å². The molecule has 2 aromatic carbocycles. The van der Waals surface area contributed by atoms with Crippen LogP contribution in [0.4, 0.5) is 11.4 Å². The van der Waals surface area contributed by atoms with E-state index < -0.39 is 0 Å². The summed E-state index contributed by atoms with van der Waals surface area (Å²) in [5.74, 6) is -0.396. The number of benzene rings is 2. The van der Waals surface area contributed by atoms with Crippen LogP contribution in [0, 0.1) is 20.8 Å². The zero-order valence-electron chi connectivity index (χ0n) is 23.8. The zero-order chi connectivity index (χ0) is 29.3. The minimum absolute atomic E-state index is 0.0284. The van der Waals surface area contributed by atoms with Gasteiger partial charge in [0, 0.05) is 41.1 Å². The molecule has 8 nitrogen and oxygen atoms in total. The van der Waals surface area contributed by atoms with E-state index in [2.05, 4.69) is 51.1 Å². The minimum atomic E-state index is -0.367. The summed E-state index contributed by atoms with van der Waals surface area (Å²) in [5, 5.41) is 7.10. The number of carbonyl (C=O) groups excluding carboxylic acids is 2. The van der Waals surface area contributed by atoms with Gasteiger partial charge in [-0.05, 0) is 105 Å². The van der Waals surface area contributed by atoms with E-state index in [1.807, 2.05) is 56.3 Å². The van der Waals surface area contributed by atoms with Gasteiger partial charge in [-0.25, -0.2) is 4.79 Å². The van der Waals surface area contributed by atoms with E-state index in [0.717, 1.165) is 45.3 Å². The van der Waals surface area contributed by atoms with Gasteiger partial charge in [0.05, 0.1) is 30.5 Å². The van der Waals surface area contributed by atoms with Crippen LogP contribution in [0.3, 0.4) is 0 Å². The van der Waals surface area contributed by atoms with Crippen LogP contribution in [-0.2, 0) is 9.53 Å². The third-order valence-corrected chi connectivity index (χ3v) is 7.83. The lowest BCUT2D eigenvalue weighted by molar-refractivity contribution is -0.115. The summed E-state index contributed by atoms with van der Waals surface area (Å²) in [7, 11) is 1.38. The van der Waals surface area contributed by atoms with Gasteiger partial charge in [-0.2, -0.15) is 0 Å². The van der Waals surface area contributed by atoms with Gasteiger partial charge in [-0.1, -0.05) is 13.0 Å². The number of nitrogens with one attached hydrogen (secondary N) is 2. The van der Waals surface area contributed by atoms with Crippen molar-refractivity contribution in [2.75, 3.05) is 17.3 Å². The largest absolute Gasteiger partial charge is 0.465 e. The van der Waals surface area contributed by atoms with Crippen molar-refractivity contribution in [1.82, 2.24) is 14.9 Å². The molecule has 2 aromatic heterocycles. The Labute approximate surface area is 245 Å². The van der Waals surface area contributed by atoms with Gasteiger partial charge in [-0.15, -0.1) is 0 Å². The molecular formula is C32H33N5O3S. The third kappa shape index (κ3) is 5.32. The lowest BCUT2D eigenvalue weighted by Crippen LogP contribution is -2.29. The number of rotatable bonds is 7. The number of carbonyl (C=O) groups is 2. The highest BCUT2D eigenvalue weighted by Crippen LogP contribution is 2.44. The van der Waals surface area contributed by atoms with Crippen molar-refractivity contribution < 1.29 is 14.3 Å². The van der Waals surface area contributed by atoms with E-state index in [0.29, 0.717) is 17.1 Å². The number of amides is 1. The predicted octanol–water partition coefficient (Wildman–Crippen LogP) is 6.11. The first-order valence-corrected chi connectivity index (χ1v) is 13.9. The molecule has 1 saturated heterocycles. The highest BCUT2D eigenvalue weighted by atomic mass is 32.1. The monoisotopic (exact) mass is 567 g/mol. The van der Waals surface area contributed by atoms with Gasteiger partial charge in [0.1, 0.15) is 0 Å². The molecule has 3 heterocycles. The third-order valence-electron chi connectivity index (χ3n) is 7.52. The fraction of sp³-hybridized carbons (Fsp3) is 0.250. The molecule has 9 heteroatoms. The maximum Gasteiger partial charge on any atom is 0.337 e. The van der Waals surface area contributed by atoms with Crippen molar-refractivity contribution in [2.45, 2.75) is 46.2 Å². The van der Waals surface area contributed by atoms with Gasteiger partial charge in [0.2, 0.25) is 5.91 Å². The first-order chi connectivity index (χ1) is 19.7. The summed E-state index contributed by atoms with van der Waals surface area (Å²) in [4.78, 5) is 30.8. The average Bonchev–Trinajstić information content (AvgIpc) is 3.48. The number of hydrogen-bond acceptors (Lipinski definition) is 5. The lowest BCUT2D eigenvalue weighted by Gasteiger charge is -2.29. The molecule has 1 aliphatic rings. The summed E-state index contributed by atoms with van der Waals surface area (Å²) >= 11 is 5.93. The number of nitrogens with zero attached hydrogens (tertiary/aromatic N) is 3. The van der Waals surface area contributed by atoms with Crippen LogP contribution in [0.15, 0.2) is 72.9 Å². The Morgan fingerprint density at radius 2 is 1.76 bits per heavy atom. The Morgan fingerprint density at radius 3 is 2.39 bits per heavy atom. The van der Waals surface area contributed by atoms with E-state index in [4.69, 9.17) is 17.0 Å². The quantitative estimate of drug-likeness (QED) is 0.206. The first-order valence-electron chi connectivity index (χ1n) is 13.5. The van der Waals surface area contributed by atoms with E-state index in [9.17, 15) is 9.59 Å². The molecule has 1 aliphatic heterocycles. The van der Waals surface area contributed by atoms with Crippen molar-refractivity contribution in [3.05, 3.63) is 107 Å². The SMILES string of the molecule is CCC(=O)Nc1ccc(N2C(=S)N[C@@H](c3ccccn3)[C@@H]2c2cc(C)n(-c3ccc(C(=O)OC)cc3)c2C)cc1C. The average molecular weight is 568 g/mol. The number of anilines is 2. The molecule has 210 valence electrons. The van der Waals surface area contributed by atoms with Crippen molar-refractivity contribution >= 4 is 40.6 Å². The Kier molecular flexibility index (Phi) is 7.90. The Hall–Kier alpha value is -4.50. The number of hydrogen-bond donors (Lipinski definition) is 2. The van der Waals surface area contributed by atoms with E-state index in [1.165, 1.54) is 7.11 Å².